The molecule has 0 saturated carbocycles. The molecule has 0 radical (unpaired) electrons. The van der Waals surface area contributed by atoms with Crippen LogP contribution in [0.5, 0.6) is 0 Å². The largest absolute Gasteiger partial charge is 0.325 e. The van der Waals surface area contributed by atoms with Crippen LogP contribution < -0.4 is 5.32 Å². The number of thioether (sulfide) groups is 1. The van der Waals surface area contributed by atoms with Gasteiger partial charge < -0.3 is 5.32 Å². The number of benzene rings is 1. The van der Waals surface area contributed by atoms with Crippen LogP contribution in [-0.2, 0) is 11.3 Å². The van der Waals surface area contributed by atoms with Gasteiger partial charge in [0, 0.05) is 18.4 Å². The Morgan fingerprint density at radius 1 is 1.21 bits per heavy atom. The van der Waals surface area contributed by atoms with Crippen molar-refractivity contribution in [3.63, 3.8) is 0 Å². The van der Waals surface area contributed by atoms with Crippen molar-refractivity contribution in [1.29, 1.82) is 0 Å². The van der Waals surface area contributed by atoms with Gasteiger partial charge in [-0.05, 0) is 35.7 Å². The van der Waals surface area contributed by atoms with E-state index in [-0.39, 0.29) is 11.7 Å². The van der Waals surface area contributed by atoms with Gasteiger partial charge in [0.15, 0.2) is 11.0 Å². The molecule has 0 unspecified atom stereocenters. The minimum atomic E-state index is -0.0881. The van der Waals surface area contributed by atoms with E-state index in [2.05, 4.69) is 40.9 Å². The van der Waals surface area contributed by atoms with Crippen LogP contribution in [0.4, 0.5) is 5.69 Å². The van der Waals surface area contributed by atoms with Crippen LogP contribution in [-0.4, -0.2) is 31.4 Å². The molecule has 144 valence electrons. The number of pyridine rings is 1. The monoisotopic (exact) mass is 393 g/mol. The Kier molecular flexibility index (Phi) is 6.60. The van der Waals surface area contributed by atoms with Crippen LogP contribution in [0.25, 0.3) is 11.5 Å². The molecule has 0 atom stereocenters. The Labute approximate surface area is 169 Å². The first-order valence-electron chi connectivity index (χ1n) is 9.06. The molecule has 1 N–H and O–H groups in total. The summed E-state index contributed by atoms with van der Waals surface area (Å²) in [6.45, 7) is 8.62. The average molecular weight is 394 g/mol. The zero-order chi connectivity index (χ0) is 19.9. The second-order valence-corrected chi connectivity index (χ2v) is 7.48. The second-order valence-electron chi connectivity index (χ2n) is 6.53. The molecule has 0 aliphatic carbocycles. The molecule has 1 amide bonds. The summed E-state index contributed by atoms with van der Waals surface area (Å²) in [4.78, 5) is 16.7. The molecule has 6 nitrogen and oxygen atoms in total. The smallest absolute Gasteiger partial charge is 0.234 e. The SMILES string of the molecule is C=CCn1c(SCC(=O)Nc2ccc(C(C)C)cc2)nnc1-c1ccccn1. The fourth-order valence-electron chi connectivity index (χ4n) is 2.65. The summed E-state index contributed by atoms with van der Waals surface area (Å²) in [6.07, 6.45) is 3.49. The number of hydrogen-bond acceptors (Lipinski definition) is 5. The lowest BCUT2D eigenvalue weighted by molar-refractivity contribution is -0.113. The molecule has 0 aliphatic heterocycles. The van der Waals surface area contributed by atoms with Gasteiger partial charge in [0.05, 0.1) is 5.75 Å². The van der Waals surface area contributed by atoms with Crippen molar-refractivity contribution in [3.05, 3.63) is 66.9 Å². The van der Waals surface area contributed by atoms with Gasteiger partial charge >= 0.3 is 0 Å². The predicted octanol–water partition coefficient (Wildman–Crippen LogP) is 4.38. The third-order valence-electron chi connectivity index (χ3n) is 4.12. The van der Waals surface area contributed by atoms with E-state index in [0.717, 1.165) is 11.4 Å². The van der Waals surface area contributed by atoms with E-state index in [1.807, 2.05) is 47.0 Å². The molecular formula is C21H23N5OS. The van der Waals surface area contributed by atoms with E-state index in [1.165, 1.54) is 17.3 Å². The zero-order valence-electron chi connectivity index (χ0n) is 16.0. The molecule has 7 heteroatoms. The third-order valence-corrected chi connectivity index (χ3v) is 5.08. The van der Waals surface area contributed by atoms with E-state index in [0.29, 0.717) is 23.4 Å². The van der Waals surface area contributed by atoms with Crippen molar-refractivity contribution in [2.75, 3.05) is 11.1 Å². The quantitative estimate of drug-likeness (QED) is 0.454. The van der Waals surface area contributed by atoms with Crippen molar-refractivity contribution in [3.8, 4) is 11.5 Å². The minimum absolute atomic E-state index is 0.0881. The maximum Gasteiger partial charge on any atom is 0.234 e. The van der Waals surface area contributed by atoms with Gasteiger partial charge in [0.25, 0.3) is 0 Å². The number of carbonyl (C=O) groups excluding carboxylic acids is 1. The van der Waals surface area contributed by atoms with E-state index < -0.39 is 0 Å². The Bertz CT molecular complexity index is 935. The van der Waals surface area contributed by atoms with Gasteiger partial charge in [0.1, 0.15) is 5.69 Å². The van der Waals surface area contributed by atoms with E-state index in [4.69, 9.17) is 0 Å². The highest BCUT2D eigenvalue weighted by Crippen LogP contribution is 2.23. The standard InChI is InChI=1S/C21H23N5OS/c1-4-13-26-20(18-7-5-6-12-22-18)24-25-21(26)28-14-19(27)23-17-10-8-16(9-11-17)15(2)3/h4-12,15H,1,13-14H2,2-3H3,(H,23,27). The molecular weight excluding hydrogens is 370 g/mol. The number of anilines is 1. The fraction of sp³-hybridized carbons (Fsp3) is 0.238. The predicted molar refractivity (Wildman–Crippen MR) is 113 cm³/mol. The Hall–Kier alpha value is -2.93. The average Bonchev–Trinajstić information content (AvgIpc) is 3.10. The van der Waals surface area contributed by atoms with Gasteiger partial charge in [0.2, 0.25) is 5.91 Å². The van der Waals surface area contributed by atoms with Crippen LogP contribution in [0, 0.1) is 0 Å². The second kappa shape index (κ2) is 9.32. The van der Waals surface area contributed by atoms with Crippen LogP contribution >= 0.6 is 11.8 Å². The maximum absolute atomic E-state index is 12.3. The van der Waals surface area contributed by atoms with Crippen molar-refractivity contribution < 1.29 is 4.79 Å². The van der Waals surface area contributed by atoms with Gasteiger partial charge in [-0.1, -0.05) is 49.9 Å². The summed E-state index contributed by atoms with van der Waals surface area (Å²) in [6, 6.07) is 13.6. The maximum atomic E-state index is 12.3. The third kappa shape index (κ3) is 4.86. The van der Waals surface area contributed by atoms with Crippen LogP contribution in [0.2, 0.25) is 0 Å². The van der Waals surface area contributed by atoms with E-state index >= 15 is 0 Å². The molecule has 3 aromatic rings. The Morgan fingerprint density at radius 3 is 2.64 bits per heavy atom. The highest BCUT2D eigenvalue weighted by atomic mass is 32.2. The molecule has 2 heterocycles. The Morgan fingerprint density at radius 2 is 2.00 bits per heavy atom. The normalized spacial score (nSPS) is 10.8. The molecule has 3 rings (SSSR count). The number of nitrogens with one attached hydrogen (secondary N) is 1. The highest BCUT2D eigenvalue weighted by molar-refractivity contribution is 7.99. The summed E-state index contributed by atoms with van der Waals surface area (Å²) in [5, 5.41) is 12.0. The van der Waals surface area contributed by atoms with Crippen molar-refractivity contribution >= 4 is 23.4 Å². The molecule has 28 heavy (non-hydrogen) atoms. The first-order valence-corrected chi connectivity index (χ1v) is 10.0. The van der Waals surface area contributed by atoms with Gasteiger partial charge in [-0.25, -0.2) is 0 Å². The molecule has 0 aliphatic rings. The van der Waals surface area contributed by atoms with E-state index in [9.17, 15) is 4.79 Å². The first-order chi connectivity index (χ1) is 13.6. The fourth-order valence-corrected chi connectivity index (χ4v) is 3.40. The number of amides is 1. The first kappa shape index (κ1) is 19.8. The van der Waals surface area contributed by atoms with E-state index in [1.54, 1.807) is 12.3 Å². The highest BCUT2D eigenvalue weighted by Gasteiger charge is 2.15. The number of rotatable bonds is 8. The van der Waals surface area contributed by atoms with Crippen molar-refractivity contribution in [2.45, 2.75) is 31.5 Å². The number of hydrogen-bond donors (Lipinski definition) is 1. The van der Waals surface area contributed by atoms with Gasteiger partial charge in [-0.15, -0.1) is 16.8 Å². The topological polar surface area (TPSA) is 72.7 Å². The molecule has 0 spiro atoms. The molecule has 0 saturated heterocycles. The van der Waals surface area contributed by atoms with Gasteiger partial charge in [-0.2, -0.15) is 0 Å². The minimum Gasteiger partial charge on any atom is -0.325 e. The molecule has 2 aromatic heterocycles. The molecule has 0 fully saturated rings. The number of carbonyl (C=O) groups is 1. The number of aromatic nitrogens is 4. The summed E-state index contributed by atoms with van der Waals surface area (Å²) >= 11 is 1.34. The van der Waals surface area contributed by atoms with Crippen LogP contribution in [0.1, 0.15) is 25.3 Å². The molecule has 0 bridgehead atoms. The van der Waals surface area contributed by atoms with Crippen LogP contribution in [0.3, 0.4) is 0 Å². The van der Waals surface area contributed by atoms with Crippen LogP contribution in [0.15, 0.2) is 66.5 Å². The summed E-state index contributed by atoms with van der Waals surface area (Å²) in [7, 11) is 0. The lowest BCUT2D eigenvalue weighted by atomic mass is 10.0. The summed E-state index contributed by atoms with van der Waals surface area (Å²) in [5.41, 5.74) is 2.77. The van der Waals surface area contributed by atoms with Gasteiger partial charge in [-0.3, -0.25) is 14.3 Å². The lowest BCUT2D eigenvalue weighted by Crippen LogP contribution is -2.14. The number of nitrogens with zero attached hydrogens (tertiary/aromatic N) is 4. The summed E-state index contributed by atoms with van der Waals surface area (Å²) < 4.78 is 1.91. The Balaban J connectivity index is 1.66. The van der Waals surface area contributed by atoms with Crippen molar-refractivity contribution in [1.82, 2.24) is 19.7 Å². The lowest BCUT2D eigenvalue weighted by Gasteiger charge is -2.09. The van der Waals surface area contributed by atoms with Crippen molar-refractivity contribution in [2.24, 2.45) is 0 Å². The summed E-state index contributed by atoms with van der Waals surface area (Å²) in [5.74, 6) is 1.27. The molecule has 1 aromatic carbocycles. The zero-order valence-corrected chi connectivity index (χ0v) is 16.8. The number of allylic oxidation sites excluding steroid dienone is 1.